The molecule has 0 radical (unpaired) electrons. The van der Waals surface area contributed by atoms with Gasteiger partial charge in [0, 0.05) is 12.5 Å². The molecule has 0 bridgehead atoms. The maximum Gasteiger partial charge on any atom is 0.230 e. The minimum atomic E-state index is 0.0699. The second-order valence-electron chi connectivity index (χ2n) is 8.04. The molecule has 1 aromatic rings. The number of hydrogen-bond donors (Lipinski definition) is 2. The Morgan fingerprint density at radius 2 is 1.88 bits per heavy atom. The Kier molecular flexibility index (Phi) is 7.23. The van der Waals surface area contributed by atoms with E-state index in [-0.39, 0.29) is 5.91 Å². The average Bonchev–Trinajstić information content (AvgIpc) is 3.01. The number of carbonyl (C=O) groups excluding carboxylic acids is 1. The Labute approximate surface area is 161 Å². The van der Waals surface area contributed by atoms with Crippen molar-refractivity contribution >= 4 is 17.7 Å². The number of nitrogens with zero attached hydrogens (tertiary/aromatic N) is 3. The lowest BCUT2D eigenvalue weighted by molar-refractivity contribution is -0.119. The first-order valence-corrected chi connectivity index (χ1v) is 11.2. The first kappa shape index (κ1) is 19.5. The zero-order chi connectivity index (χ0) is 18.4. The van der Waals surface area contributed by atoms with E-state index in [4.69, 9.17) is 5.84 Å². The third-order valence-electron chi connectivity index (χ3n) is 6.03. The van der Waals surface area contributed by atoms with Crippen LogP contribution in [0.1, 0.15) is 77.0 Å². The largest absolute Gasteiger partial charge is 0.352 e. The maximum atomic E-state index is 12.3. The van der Waals surface area contributed by atoms with Gasteiger partial charge in [0.1, 0.15) is 0 Å². The van der Waals surface area contributed by atoms with Crippen molar-refractivity contribution in [3.8, 4) is 0 Å². The molecule has 0 aliphatic heterocycles. The zero-order valence-corrected chi connectivity index (χ0v) is 16.8. The van der Waals surface area contributed by atoms with Gasteiger partial charge in [0.2, 0.25) is 11.1 Å². The number of nitrogen functional groups attached to an aromatic ring is 1. The lowest BCUT2D eigenvalue weighted by Crippen LogP contribution is -2.41. The molecule has 26 heavy (non-hydrogen) atoms. The molecule has 0 aromatic carbocycles. The standard InChI is InChI=1S/C19H33N5OS/c1-14-7-5-6-10-16(14)21-18(25)13-26-19-23-22-17(24(19)20)12-11-15-8-3-2-4-9-15/h14-16H,2-13,20H2,1H3,(H,21,25)/t14-,16+/m1/s1. The summed E-state index contributed by atoms with van der Waals surface area (Å²) in [6.45, 7) is 2.23. The van der Waals surface area contributed by atoms with Gasteiger partial charge in [-0.3, -0.25) is 4.79 Å². The molecule has 0 spiro atoms. The highest BCUT2D eigenvalue weighted by Gasteiger charge is 2.23. The number of carbonyl (C=O) groups is 1. The quantitative estimate of drug-likeness (QED) is 0.561. The van der Waals surface area contributed by atoms with Gasteiger partial charge in [-0.25, -0.2) is 4.68 Å². The lowest BCUT2D eigenvalue weighted by Gasteiger charge is -2.29. The van der Waals surface area contributed by atoms with E-state index in [9.17, 15) is 4.79 Å². The highest BCUT2D eigenvalue weighted by molar-refractivity contribution is 7.99. The first-order chi connectivity index (χ1) is 12.6. The van der Waals surface area contributed by atoms with E-state index in [1.165, 1.54) is 63.1 Å². The van der Waals surface area contributed by atoms with Crippen LogP contribution in [0.15, 0.2) is 5.16 Å². The molecule has 1 aromatic heterocycles. The van der Waals surface area contributed by atoms with Crippen LogP contribution in [0.2, 0.25) is 0 Å². The Morgan fingerprint density at radius 1 is 1.15 bits per heavy atom. The molecule has 3 rings (SSSR count). The Balaban J connectivity index is 1.43. The van der Waals surface area contributed by atoms with Crippen LogP contribution in [-0.2, 0) is 11.2 Å². The number of rotatable bonds is 7. The summed E-state index contributed by atoms with van der Waals surface area (Å²) >= 11 is 1.38. The smallest absolute Gasteiger partial charge is 0.230 e. The molecule has 1 amide bonds. The highest BCUT2D eigenvalue weighted by atomic mass is 32.2. The molecule has 0 unspecified atom stereocenters. The first-order valence-electron chi connectivity index (χ1n) is 10.2. The van der Waals surface area contributed by atoms with Crippen molar-refractivity contribution in [3.05, 3.63) is 5.82 Å². The lowest BCUT2D eigenvalue weighted by atomic mass is 9.86. The number of aryl methyl sites for hydroxylation is 1. The van der Waals surface area contributed by atoms with Crippen molar-refractivity contribution in [1.82, 2.24) is 20.2 Å². The second-order valence-corrected chi connectivity index (χ2v) is 8.98. The molecule has 2 aliphatic rings. The summed E-state index contributed by atoms with van der Waals surface area (Å²) in [5.41, 5.74) is 0. The van der Waals surface area contributed by atoms with Crippen LogP contribution in [0.5, 0.6) is 0 Å². The second kappa shape index (κ2) is 9.62. The predicted molar refractivity (Wildman–Crippen MR) is 105 cm³/mol. The van der Waals surface area contributed by atoms with Crippen LogP contribution in [-0.4, -0.2) is 32.6 Å². The Bertz CT molecular complexity index is 584. The van der Waals surface area contributed by atoms with E-state index < -0.39 is 0 Å². The van der Waals surface area contributed by atoms with Crippen molar-refractivity contribution in [2.24, 2.45) is 11.8 Å². The van der Waals surface area contributed by atoms with Crippen LogP contribution < -0.4 is 11.2 Å². The summed E-state index contributed by atoms with van der Waals surface area (Å²) in [6, 6.07) is 0.318. The van der Waals surface area contributed by atoms with Crippen molar-refractivity contribution in [2.45, 2.75) is 88.8 Å². The van der Waals surface area contributed by atoms with Gasteiger partial charge >= 0.3 is 0 Å². The maximum absolute atomic E-state index is 12.3. The van der Waals surface area contributed by atoms with Gasteiger partial charge < -0.3 is 11.2 Å². The van der Waals surface area contributed by atoms with Crippen LogP contribution in [0, 0.1) is 11.8 Å². The fraction of sp³-hybridized carbons (Fsp3) is 0.842. The van der Waals surface area contributed by atoms with Gasteiger partial charge in [-0.05, 0) is 31.1 Å². The van der Waals surface area contributed by atoms with Crippen LogP contribution >= 0.6 is 11.8 Å². The van der Waals surface area contributed by atoms with Crippen molar-refractivity contribution in [1.29, 1.82) is 0 Å². The Hall–Kier alpha value is -1.24. The normalized spacial score (nSPS) is 24.5. The number of thioether (sulfide) groups is 1. The van der Waals surface area contributed by atoms with Gasteiger partial charge in [-0.2, -0.15) is 0 Å². The summed E-state index contributed by atoms with van der Waals surface area (Å²) in [5, 5.41) is 12.2. The fourth-order valence-corrected chi connectivity index (χ4v) is 4.98. The minimum Gasteiger partial charge on any atom is -0.352 e. The molecule has 3 N–H and O–H groups in total. The van der Waals surface area contributed by atoms with Crippen molar-refractivity contribution < 1.29 is 4.79 Å². The van der Waals surface area contributed by atoms with Gasteiger partial charge in [-0.15, -0.1) is 10.2 Å². The summed E-state index contributed by atoms with van der Waals surface area (Å²) in [5.74, 6) is 8.78. The molecule has 2 atom stereocenters. The van der Waals surface area contributed by atoms with Gasteiger partial charge in [-0.1, -0.05) is 63.6 Å². The molecule has 0 saturated heterocycles. The van der Waals surface area contributed by atoms with Crippen LogP contribution in [0.4, 0.5) is 0 Å². The van der Waals surface area contributed by atoms with Gasteiger partial charge in [0.15, 0.2) is 5.82 Å². The molecule has 6 nitrogen and oxygen atoms in total. The summed E-state index contributed by atoms with van der Waals surface area (Å²) in [4.78, 5) is 12.3. The van der Waals surface area contributed by atoms with E-state index in [1.807, 2.05) is 0 Å². The van der Waals surface area contributed by atoms with Gasteiger partial charge in [0.25, 0.3) is 0 Å². The predicted octanol–water partition coefficient (Wildman–Crippen LogP) is 3.29. The minimum absolute atomic E-state index is 0.0699. The molecular weight excluding hydrogens is 346 g/mol. The van der Waals surface area contributed by atoms with Crippen molar-refractivity contribution in [2.75, 3.05) is 11.6 Å². The van der Waals surface area contributed by atoms with Gasteiger partial charge in [0.05, 0.1) is 5.75 Å². The number of nitrogens with two attached hydrogens (primary N) is 1. The van der Waals surface area contributed by atoms with Crippen LogP contribution in [0.25, 0.3) is 0 Å². The number of amides is 1. The van der Waals surface area contributed by atoms with E-state index in [0.717, 1.165) is 31.0 Å². The highest BCUT2D eigenvalue weighted by Crippen LogP contribution is 2.27. The summed E-state index contributed by atoms with van der Waals surface area (Å²) in [6.07, 6.45) is 13.6. The third kappa shape index (κ3) is 5.38. The topological polar surface area (TPSA) is 85.8 Å². The average molecular weight is 380 g/mol. The molecule has 1 heterocycles. The summed E-state index contributed by atoms with van der Waals surface area (Å²) < 4.78 is 1.57. The van der Waals surface area contributed by atoms with E-state index in [1.54, 1.807) is 4.68 Å². The molecular formula is C19H33N5OS. The molecule has 2 aliphatic carbocycles. The molecule has 7 heteroatoms. The fourth-order valence-electron chi connectivity index (χ4n) is 4.29. The van der Waals surface area contributed by atoms with Crippen LogP contribution in [0.3, 0.4) is 0 Å². The molecule has 146 valence electrons. The number of hydrogen-bond acceptors (Lipinski definition) is 5. The number of aromatic nitrogens is 3. The van der Waals surface area contributed by atoms with E-state index >= 15 is 0 Å². The van der Waals surface area contributed by atoms with E-state index in [0.29, 0.717) is 22.9 Å². The van der Waals surface area contributed by atoms with Crippen molar-refractivity contribution in [3.63, 3.8) is 0 Å². The monoisotopic (exact) mass is 379 g/mol. The molecule has 2 saturated carbocycles. The number of nitrogens with one attached hydrogen (secondary N) is 1. The zero-order valence-electron chi connectivity index (χ0n) is 16.0. The third-order valence-corrected chi connectivity index (χ3v) is 6.97. The molecule has 2 fully saturated rings. The Morgan fingerprint density at radius 3 is 2.65 bits per heavy atom. The summed E-state index contributed by atoms with van der Waals surface area (Å²) in [7, 11) is 0. The van der Waals surface area contributed by atoms with E-state index in [2.05, 4.69) is 22.4 Å². The SMILES string of the molecule is C[C@@H]1CCCC[C@@H]1NC(=O)CSc1nnc(CCC2CCCCC2)n1N.